The summed E-state index contributed by atoms with van der Waals surface area (Å²) in [5.41, 5.74) is 2.08. The topological polar surface area (TPSA) is 82.1 Å². The molecular formula is C29H42O6. The maximum atomic E-state index is 10.8. The molecule has 0 fully saturated rings. The summed E-state index contributed by atoms with van der Waals surface area (Å²) >= 11 is 0. The van der Waals surface area contributed by atoms with E-state index in [0.717, 1.165) is 24.0 Å². The molecule has 6 nitrogen and oxygen atoms in total. The van der Waals surface area contributed by atoms with E-state index in [-0.39, 0.29) is 11.9 Å². The van der Waals surface area contributed by atoms with Gasteiger partial charge < -0.3 is 19.3 Å². The molecule has 2 aromatic carbocycles. The minimum Gasteiger partial charge on any atom is -0.493 e. The molecule has 6 heteroatoms. The molecule has 0 unspecified atom stereocenters. The Morgan fingerprint density at radius 3 is 2.09 bits per heavy atom. The monoisotopic (exact) mass is 486 g/mol. The fourth-order valence-corrected chi connectivity index (χ4v) is 2.90. The summed E-state index contributed by atoms with van der Waals surface area (Å²) in [5, 5.41) is 8.42. The van der Waals surface area contributed by atoms with E-state index in [1.165, 1.54) is 46.0 Å². The number of benzene rings is 2. The lowest BCUT2D eigenvalue weighted by atomic mass is 10.1. The van der Waals surface area contributed by atoms with Crippen LogP contribution in [0.25, 0.3) is 0 Å². The number of hydrogen-bond donors (Lipinski definition) is 1. The minimum atomic E-state index is -0.357. The summed E-state index contributed by atoms with van der Waals surface area (Å²) < 4.78 is 14.9. The first-order chi connectivity index (χ1) is 16.9. The molecule has 35 heavy (non-hydrogen) atoms. The SMILES string of the molecule is C=CCc1ccc(OC(C)=O)c(OC)c1.CC(=O)OCc1ccccc1.CCCCCCCCO. The van der Waals surface area contributed by atoms with E-state index in [1.807, 2.05) is 42.5 Å². The summed E-state index contributed by atoms with van der Waals surface area (Å²) in [4.78, 5) is 21.2. The number of carbonyl (C=O) groups excluding carboxylic acids is 2. The molecule has 0 aromatic heterocycles. The predicted octanol–water partition coefficient (Wildman–Crippen LogP) is 6.44. The van der Waals surface area contributed by atoms with Crippen molar-refractivity contribution >= 4 is 11.9 Å². The second-order valence-corrected chi connectivity index (χ2v) is 7.83. The molecule has 0 aliphatic heterocycles. The molecule has 2 rings (SSSR count). The molecule has 194 valence electrons. The molecule has 0 aliphatic rings. The van der Waals surface area contributed by atoms with Crippen molar-refractivity contribution in [1.82, 2.24) is 0 Å². The molecule has 0 aliphatic carbocycles. The van der Waals surface area contributed by atoms with Crippen molar-refractivity contribution in [3.63, 3.8) is 0 Å². The number of allylic oxidation sites excluding steroid dienone is 1. The number of methoxy groups -OCH3 is 1. The molecule has 0 heterocycles. The molecule has 0 radical (unpaired) electrons. The first-order valence-electron chi connectivity index (χ1n) is 12.1. The van der Waals surface area contributed by atoms with Gasteiger partial charge >= 0.3 is 11.9 Å². The Bertz CT molecular complexity index is 826. The molecule has 0 spiro atoms. The van der Waals surface area contributed by atoms with Gasteiger partial charge in [-0.25, -0.2) is 0 Å². The maximum Gasteiger partial charge on any atom is 0.308 e. The van der Waals surface area contributed by atoms with Crippen molar-refractivity contribution < 1.29 is 28.9 Å². The Kier molecular flexibility index (Phi) is 19.5. The third-order valence-electron chi connectivity index (χ3n) is 4.66. The summed E-state index contributed by atoms with van der Waals surface area (Å²) in [7, 11) is 1.54. The molecule has 2 aromatic rings. The predicted molar refractivity (Wildman–Crippen MR) is 141 cm³/mol. The molecule has 0 atom stereocenters. The summed E-state index contributed by atoms with van der Waals surface area (Å²) in [6, 6.07) is 15.0. The van der Waals surface area contributed by atoms with Crippen molar-refractivity contribution in [2.75, 3.05) is 13.7 Å². The van der Waals surface area contributed by atoms with Gasteiger partial charge in [0.1, 0.15) is 6.61 Å². The normalized spacial score (nSPS) is 9.51. The smallest absolute Gasteiger partial charge is 0.308 e. The van der Waals surface area contributed by atoms with Gasteiger partial charge in [-0.3, -0.25) is 9.59 Å². The number of aliphatic hydroxyl groups is 1. The van der Waals surface area contributed by atoms with Crippen LogP contribution in [-0.2, 0) is 27.4 Å². The van der Waals surface area contributed by atoms with E-state index >= 15 is 0 Å². The Hall–Kier alpha value is -3.12. The maximum absolute atomic E-state index is 10.8. The number of carbonyl (C=O) groups is 2. The van der Waals surface area contributed by atoms with Gasteiger partial charge in [-0.2, -0.15) is 0 Å². The zero-order chi connectivity index (χ0) is 26.3. The lowest BCUT2D eigenvalue weighted by Crippen LogP contribution is -2.03. The number of ether oxygens (including phenoxy) is 3. The highest BCUT2D eigenvalue weighted by Gasteiger charge is 2.07. The van der Waals surface area contributed by atoms with Gasteiger partial charge in [-0.05, 0) is 36.1 Å². The highest BCUT2D eigenvalue weighted by molar-refractivity contribution is 5.70. The Morgan fingerprint density at radius 1 is 0.886 bits per heavy atom. The standard InChI is InChI=1S/C12H14O3.C9H10O2.C8H18O/c1-4-5-10-6-7-11(15-9(2)13)12(8-10)14-3;1-8(10)11-7-9-5-3-2-4-6-9;1-2-3-4-5-6-7-8-9/h4,6-8H,1,5H2,2-3H3;2-6H,7H2,1H3;9H,2-8H2,1H3. The van der Waals surface area contributed by atoms with Crippen LogP contribution in [0.1, 0.15) is 70.4 Å². The van der Waals surface area contributed by atoms with Crippen LogP contribution in [0.3, 0.4) is 0 Å². The van der Waals surface area contributed by atoms with Crippen LogP contribution in [0, 0.1) is 0 Å². The second kappa shape index (κ2) is 21.4. The third-order valence-corrected chi connectivity index (χ3v) is 4.66. The fraction of sp³-hybridized carbons (Fsp3) is 0.448. The minimum absolute atomic E-state index is 0.242. The molecule has 0 amide bonds. The van der Waals surface area contributed by atoms with E-state index in [0.29, 0.717) is 24.7 Å². The second-order valence-electron chi connectivity index (χ2n) is 7.83. The van der Waals surface area contributed by atoms with Gasteiger partial charge in [0.2, 0.25) is 0 Å². The van der Waals surface area contributed by atoms with Gasteiger partial charge in [-0.1, -0.05) is 81.5 Å². The summed E-state index contributed by atoms with van der Waals surface area (Å²) in [6.07, 6.45) is 10.1. The quantitative estimate of drug-likeness (QED) is 0.161. The lowest BCUT2D eigenvalue weighted by molar-refractivity contribution is -0.142. The van der Waals surface area contributed by atoms with Crippen LogP contribution in [0.5, 0.6) is 11.5 Å². The van der Waals surface area contributed by atoms with Crippen molar-refractivity contribution in [1.29, 1.82) is 0 Å². The summed E-state index contributed by atoms with van der Waals surface area (Å²) in [6.45, 7) is 9.37. The molecule has 0 saturated heterocycles. The van der Waals surface area contributed by atoms with Crippen LogP contribution in [0.15, 0.2) is 61.2 Å². The molecular weight excluding hydrogens is 444 g/mol. The molecule has 1 N–H and O–H groups in total. The van der Waals surface area contributed by atoms with Crippen LogP contribution >= 0.6 is 0 Å². The molecule has 0 saturated carbocycles. The largest absolute Gasteiger partial charge is 0.493 e. The van der Waals surface area contributed by atoms with Crippen molar-refractivity contribution in [2.24, 2.45) is 0 Å². The van der Waals surface area contributed by atoms with Crippen molar-refractivity contribution in [2.45, 2.75) is 72.3 Å². The average Bonchev–Trinajstić information content (AvgIpc) is 2.85. The highest BCUT2D eigenvalue weighted by atomic mass is 16.6. The van der Waals surface area contributed by atoms with Gasteiger partial charge in [0.25, 0.3) is 0 Å². The zero-order valence-electron chi connectivity index (χ0n) is 21.8. The van der Waals surface area contributed by atoms with E-state index in [1.54, 1.807) is 19.3 Å². The number of hydrogen-bond acceptors (Lipinski definition) is 6. The van der Waals surface area contributed by atoms with Crippen molar-refractivity contribution in [3.8, 4) is 11.5 Å². The Labute approximate surface area is 210 Å². The van der Waals surface area contributed by atoms with E-state index in [4.69, 9.17) is 19.3 Å². The van der Waals surface area contributed by atoms with E-state index < -0.39 is 0 Å². The van der Waals surface area contributed by atoms with E-state index in [2.05, 4.69) is 13.5 Å². The fourth-order valence-electron chi connectivity index (χ4n) is 2.90. The van der Waals surface area contributed by atoms with Crippen molar-refractivity contribution in [3.05, 3.63) is 72.3 Å². The Balaban J connectivity index is 0.000000515. The highest BCUT2D eigenvalue weighted by Crippen LogP contribution is 2.28. The first-order valence-corrected chi connectivity index (χ1v) is 12.1. The number of unbranched alkanes of at least 4 members (excludes halogenated alkanes) is 5. The van der Waals surface area contributed by atoms with E-state index in [9.17, 15) is 9.59 Å². The lowest BCUT2D eigenvalue weighted by Gasteiger charge is -2.08. The third kappa shape index (κ3) is 17.9. The summed E-state index contributed by atoms with van der Waals surface area (Å²) in [5.74, 6) is 0.404. The zero-order valence-corrected chi connectivity index (χ0v) is 21.8. The number of aliphatic hydroxyl groups excluding tert-OH is 1. The van der Waals surface area contributed by atoms with Gasteiger partial charge in [-0.15, -0.1) is 6.58 Å². The first kappa shape index (κ1) is 31.9. The Morgan fingerprint density at radius 2 is 1.54 bits per heavy atom. The van der Waals surface area contributed by atoms with Gasteiger partial charge in [0.15, 0.2) is 11.5 Å². The van der Waals surface area contributed by atoms with Gasteiger partial charge in [0.05, 0.1) is 7.11 Å². The number of esters is 2. The average molecular weight is 487 g/mol. The van der Waals surface area contributed by atoms with Crippen LogP contribution < -0.4 is 9.47 Å². The van der Waals surface area contributed by atoms with Crippen LogP contribution in [0.4, 0.5) is 0 Å². The van der Waals surface area contributed by atoms with Crippen LogP contribution in [0.2, 0.25) is 0 Å². The van der Waals surface area contributed by atoms with Gasteiger partial charge in [0, 0.05) is 20.5 Å². The number of rotatable bonds is 12. The van der Waals surface area contributed by atoms with Crippen LogP contribution in [-0.4, -0.2) is 30.8 Å². The molecule has 0 bridgehead atoms.